The van der Waals surface area contributed by atoms with Crippen LogP contribution in [0.25, 0.3) is 0 Å². The fraction of sp³-hybridized carbons (Fsp3) is 0.421. The maximum atomic E-state index is 12.3. The number of aryl methyl sites for hydroxylation is 1. The van der Waals surface area contributed by atoms with Crippen LogP contribution in [0.5, 0.6) is 11.5 Å². The highest BCUT2D eigenvalue weighted by Crippen LogP contribution is 2.33. The molecular weight excluding hydrogens is 332 g/mol. The minimum Gasteiger partial charge on any atom is -0.486 e. The molecule has 2 aromatic rings. The third-order valence-corrected chi connectivity index (χ3v) is 3.95. The first-order valence-electron chi connectivity index (χ1n) is 8.96. The SMILES string of the molecule is CCCCCNC(=O)c1cc(Nc2ccc3c(c2)OCCO3)nc(C)n1. The first-order chi connectivity index (χ1) is 12.7. The molecule has 7 heteroatoms. The number of nitrogens with zero attached hydrogens (tertiary/aromatic N) is 2. The number of ether oxygens (including phenoxy) is 2. The van der Waals surface area contributed by atoms with E-state index in [9.17, 15) is 4.79 Å². The van der Waals surface area contributed by atoms with Crippen LogP contribution in [0.4, 0.5) is 11.5 Å². The molecule has 26 heavy (non-hydrogen) atoms. The number of hydrogen-bond donors (Lipinski definition) is 2. The molecular formula is C19H24N4O3. The van der Waals surface area contributed by atoms with Crippen molar-refractivity contribution in [3.63, 3.8) is 0 Å². The van der Waals surface area contributed by atoms with Gasteiger partial charge in [-0.2, -0.15) is 0 Å². The van der Waals surface area contributed by atoms with Crippen LogP contribution in [0.15, 0.2) is 24.3 Å². The molecule has 1 aromatic carbocycles. The fourth-order valence-electron chi connectivity index (χ4n) is 2.68. The van der Waals surface area contributed by atoms with Gasteiger partial charge in [-0.05, 0) is 25.5 Å². The lowest BCUT2D eigenvalue weighted by atomic mass is 10.2. The predicted octanol–water partition coefficient (Wildman–Crippen LogP) is 3.22. The zero-order valence-electron chi connectivity index (χ0n) is 15.2. The zero-order chi connectivity index (χ0) is 18.4. The molecule has 1 aliphatic heterocycles. The van der Waals surface area contributed by atoms with E-state index >= 15 is 0 Å². The Bertz CT molecular complexity index is 779. The number of benzene rings is 1. The summed E-state index contributed by atoms with van der Waals surface area (Å²) in [6, 6.07) is 7.25. The maximum Gasteiger partial charge on any atom is 0.270 e. The Hall–Kier alpha value is -2.83. The standard InChI is InChI=1S/C19H24N4O3/c1-3-4-5-8-20-19(24)15-12-18(22-13(2)21-15)23-14-6-7-16-17(11-14)26-10-9-25-16/h6-7,11-12H,3-5,8-10H2,1-2H3,(H,20,24)(H,21,22,23). The third-order valence-electron chi connectivity index (χ3n) is 3.95. The second-order valence-corrected chi connectivity index (χ2v) is 6.13. The number of nitrogens with one attached hydrogen (secondary N) is 2. The van der Waals surface area contributed by atoms with Crippen LogP contribution < -0.4 is 20.1 Å². The van der Waals surface area contributed by atoms with Gasteiger partial charge in [0.05, 0.1) is 0 Å². The van der Waals surface area contributed by atoms with Gasteiger partial charge in [0.1, 0.15) is 30.5 Å². The Labute approximate surface area is 153 Å². The summed E-state index contributed by atoms with van der Waals surface area (Å²) in [4.78, 5) is 20.9. The van der Waals surface area contributed by atoms with Gasteiger partial charge in [-0.25, -0.2) is 9.97 Å². The third kappa shape index (κ3) is 4.62. The molecule has 1 amide bonds. The van der Waals surface area contributed by atoms with Gasteiger partial charge in [0.15, 0.2) is 11.5 Å². The van der Waals surface area contributed by atoms with Crippen molar-refractivity contribution in [2.45, 2.75) is 33.1 Å². The topological polar surface area (TPSA) is 85.4 Å². The molecule has 0 spiro atoms. The summed E-state index contributed by atoms with van der Waals surface area (Å²) in [7, 11) is 0. The number of rotatable bonds is 7. The van der Waals surface area contributed by atoms with E-state index in [2.05, 4.69) is 27.5 Å². The van der Waals surface area contributed by atoms with Crippen molar-refractivity contribution in [2.75, 3.05) is 25.1 Å². The highest BCUT2D eigenvalue weighted by atomic mass is 16.6. The molecule has 2 heterocycles. The van der Waals surface area contributed by atoms with E-state index in [0.717, 1.165) is 30.7 Å². The Balaban J connectivity index is 1.70. The summed E-state index contributed by atoms with van der Waals surface area (Å²) in [6.45, 7) is 5.64. The highest BCUT2D eigenvalue weighted by Gasteiger charge is 2.13. The Morgan fingerprint density at radius 1 is 1.12 bits per heavy atom. The lowest BCUT2D eigenvalue weighted by molar-refractivity contribution is 0.0947. The van der Waals surface area contributed by atoms with E-state index in [1.165, 1.54) is 0 Å². The summed E-state index contributed by atoms with van der Waals surface area (Å²) >= 11 is 0. The van der Waals surface area contributed by atoms with E-state index in [4.69, 9.17) is 9.47 Å². The Morgan fingerprint density at radius 3 is 2.73 bits per heavy atom. The number of fused-ring (bicyclic) bond motifs is 1. The molecule has 0 atom stereocenters. The highest BCUT2D eigenvalue weighted by molar-refractivity contribution is 5.93. The fourth-order valence-corrected chi connectivity index (χ4v) is 2.68. The van der Waals surface area contributed by atoms with E-state index in [-0.39, 0.29) is 5.91 Å². The molecule has 0 unspecified atom stereocenters. The average Bonchev–Trinajstić information content (AvgIpc) is 2.64. The van der Waals surface area contributed by atoms with Crippen LogP contribution in [0.2, 0.25) is 0 Å². The molecule has 0 fully saturated rings. The van der Waals surface area contributed by atoms with Crippen molar-refractivity contribution < 1.29 is 14.3 Å². The number of anilines is 2. The van der Waals surface area contributed by atoms with E-state index in [0.29, 0.717) is 42.8 Å². The maximum absolute atomic E-state index is 12.3. The van der Waals surface area contributed by atoms with Gasteiger partial charge < -0.3 is 20.1 Å². The van der Waals surface area contributed by atoms with Crippen LogP contribution in [-0.2, 0) is 0 Å². The van der Waals surface area contributed by atoms with Crippen molar-refractivity contribution >= 4 is 17.4 Å². The summed E-state index contributed by atoms with van der Waals surface area (Å²) < 4.78 is 11.1. The van der Waals surface area contributed by atoms with Crippen molar-refractivity contribution in [1.82, 2.24) is 15.3 Å². The first kappa shape index (κ1) is 18.0. The molecule has 3 rings (SSSR count). The number of carbonyl (C=O) groups excluding carboxylic acids is 1. The predicted molar refractivity (Wildman–Crippen MR) is 99.3 cm³/mol. The molecule has 0 bridgehead atoms. The molecule has 0 saturated heterocycles. The van der Waals surface area contributed by atoms with Gasteiger partial charge in [-0.1, -0.05) is 19.8 Å². The minimum atomic E-state index is -0.183. The lowest BCUT2D eigenvalue weighted by Crippen LogP contribution is -2.25. The van der Waals surface area contributed by atoms with E-state index in [1.54, 1.807) is 13.0 Å². The van der Waals surface area contributed by atoms with Crippen LogP contribution in [0.1, 0.15) is 42.5 Å². The largest absolute Gasteiger partial charge is 0.486 e. The summed E-state index contributed by atoms with van der Waals surface area (Å²) in [5.41, 5.74) is 1.16. The van der Waals surface area contributed by atoms with Crippen LogP contribution in [0, 0.1) is 6.92 Å². The van der Waals surface area contributed by atoms with Crippen molar-refractivity contribution in [2.24, 2.45) is 0 Å². The average molecular weight is 356 g/mol. The zero-order valence-corrected chi connectivity index (χ0v) is 15.2. The summed E-state index contributed by atoms with van der Waals surface area (Å²) in [5, 5.41) is 6.10. The molecule has 1 aliphatic rings. The smallest absolute Gasteiger partial charge is 0.270 e. The van der Waals surface area contributed by atoms with Crippen LogP contribution >= 0.6 is 0 Å². The normalized spacial score (nSPS) is 12.5. The van der Waals surface area contributed by atoms with E-state index < -0.39 is 0 Å². The van der Waals surface area contributed by atoms with Gasteiger partial charge in [0, 0.05) is 24.4 Å². The molecule has 0 saturated carbocycles. The first-order valence-corrected chi connectivity index (χ1v) is 8.96. The number of hydrogen-bond acceptors (Lipinski definition) is 6. The Kier molecular flexibility index (Phi) is 5.88. The van der Waals surface area contributed by atoms with Crippen molar-refractivity contribution in [3.05, 3.63) is 35.8 Å². The van der Waals surface area contributed by atoms with Crippen molar-refractivity contribution in [3.8, 4) is 11.5 Å². The summed E-state index contributed by atoms with van der Waals surface area (Å²) in [5.74, 6) is 2.34. The monoisotopic (exact) mass is 356 g/mol. The number of aromatic nitrogens is 2. The molecule has 0 aliphatic carbocycles. The molecule has 1 aromatic heterocycles. The second-order valence-electron chi connectivity index (χ2n) is 6.13. The van der Waals surface area contributed by atoms with Crippen LogP contribution in [-0.4, -0.2) is 35.6 Å². The quantitative estimate of drug-likeness (QED) is 0.741. The van der Waals surface area contributed by atoms with Gasteiger partial charge in [-0.15, -0.1) is 0 Å². The van der Waals surface area contributed by atoms with Gasteiger partial charge in [0.2, 0.25) is 0 Å². The van der Waals surface area contributed by atoms with Gasteiger partial charge in [-0.3, -0.25) is 4.79 Å². The summed E-state index contributed by atoms with van der Waals surface area (Å²) in [6.07, 6.45) is 3.18. The second kappa shape index (κ2) is 8.51. The molecule has 138 valence electrons. The number of carbonyl (C=O) groups is 1. The Morgan fingerprint density at radius 2 is 1.92 bits per heavy atom. The number of amides is 1. The lowest BCUT2D eigenvalue weighted by Gasteiger charge is -2.19. The van der Waals surface area contributed by atoms with E-state index in [1.807, 2.05) is 18.2 Å². The number of unbranched alkanes of at least 4 members (excludes halogenated alkanes) is 2. The van der Waals surface area contributed by atoms with Gasteiger partial charge in [0.25, 0.3) is 5.91 Å². The molecule has 7 nitrogen and oxygen atoms in total. The molecule has 2 N–H and O–H groups in total. The van der Waals surface area contributed by atoms with Crippen molar-refractivity contribution in [1.29, 1.82) is 0 Å². The molecule has 0 radical (unpaired) electrons. The minimum absolute atomic E-state index is 0.183. The van der Waals surface area contributed by atoms with Gasteiger partial charge >= 0.3 is 0 Å². The van der Waals surface area contributed by atoms with Crippen LogP contribution in [0.3, 0.4) is 0 Å².